The molecule has 1 saturated heterocycles. The molecule has 0 aliphatic carbocycles. The van der Waals surface area contributed by atoms with Gasteiger partial charge in [0.2, 0.25) is 0 Å². The Morgan fingerprint density at radius 3 is 2.43 bits per heavy atom. The zero-order valence-electron chi connectivity index (χ0n) is 11.7. The summed E-state index contributed by atoms with van der Waals surface area (Å²) in [6, 6.07) is 14.7. The Hall–Kier alpha value is -2.31. The first-order valence-electron chi connectivity index (χ1n) is 6.70. The van der Waals surface area contributed by atoms with E-state index in [1.165, 1.54) is 24.3 Å². The number of benzene rings is 2. The second kappa shape index (κ2) is 6.44. The molecular weight excluding hydrogens is 333 g/mol. The molecule has 0 radical (unpaired) electrons. The van der Waals surface area contributed by atoms with E-state index in [9.17, 15) is 14.0 Å². The van der Waals surface area contributed by atoms with E-state index >= 15 is 0 Å². The fraction of sp³-hybridized carbons (Fsp3) is 0. The van der Waals surface area contributed by atoms with E-state index in [-0.39, 0.29) is 9.88 Å². The molecule has 114 valence electrons. The third kappa shape index (κ3) is 3.09. The maximum absolute atomic E-state index is 13.8. The Kier molecular flexibility index (Phi) is 4.36. The van der Waals surface area contributed by atoms with Crippen LogP contribution >= 0.6 is 24.0 Å². The van der Waals surface area contributed by atoms with Crippen LogP contribution in [0.4, 0.5) is 4.39 Å². The molecule has 2 amide bonds. The lowest BCUT2D eigenvalue weighted by atomic mass is 10.2. The minimum atomic E-state index is -0.748. The topological polar surface area (TPSA) is 37.4 Å². The number of nitrogens with zero attached hydrogens (tertiary/aromatic N) is 1. The van der Waals surface area contributed by atoms with Crippen molar-refractivity contribution in [2.24, 2.45) is 0 Å². The second-order valence-corrected chi connectivity index (χ2v) is 6.39. The number of halogens is 1. The predicted octanol–water partition coefficient (Wildman–Crippen LogP) is 3.87. The van der Waals surface area contributed by atoms with E-state index in [4.69, 9.17) is 12.2 Å². The third-order valence-electron chi connectivity index (χ3n) is 3.20. The quantitative estimate of drug-likeness (QED) is 0.471. The molecule has 0 bridgehead atoms. The lowest BCUT2D eigenvalue weighted by Gasteiger charge is -2.12. The van der Waals surface area contributed by atoms with Gasteiger partial charge in [0.25, 0.3) is 11.8 Å². The van der Waals surface area contributed by atoms with Crippen molar-refractivity contribution in [1.82, 2.24) is 4.90 Å². The Labute approximate surface area is 141 Å². The Morgan fingerprint density at radius 1 is 1.09 bits per heavy atom. The van der Waals surface area contributed by atoms with Crippen LogP contribution in [0, 0.1) is 5.82 Å². The van der Waals surface area contributed by atoms with Crippen molar-refractivity contribution < 1.29 is 14.0 Å². The van der Waals surface area contributed by atoms with Crippen LogP contribution in [0.1, 0.15) is 15.9 Å². The summed E-state index contributed by atoms with van der Waals surface area (Å²) in [4.78, 5) is 26.1. The van der Waals surface area contributed by atoms with Gasteiger partial charge in [-0.1, -0.05) is 66.4 Å². The number of carbonyl (C=O) groups is 2. The van der Waals surface area contributed by atoms with Crippen LogP contribution in [0.3, 0.4) is 0 Å². The van der Waals surface area contributed by atoms with Crippen LogP contribution in [0.2, 0.25) is 0 Å². The van der Waals surface area contributed by atoms with Crippen LogP contribution in [-0.4, -0.2) is 21.0 Å². The number of rotatable bonds is 2. The number of thioether (sulfide) groups is 1. The zero-order valence-corrected chi connectivity index (χ0v) is 13.4. The maximum Gasteiger partial charge on any atom is 0.273 e. The van der Waals surface area contributed by atoms with E-state index in [1.807, 2.05) is 30.3 Å². The highest BCUT2D eigenvalue weighted by atomic mass is 32.2. The zero-order chi connectivity index (χ0) is 16.4. The normalized spacial score (nSPS) is 16.2. The molecule has 2 aromatic carbocycles. The molecule has 1 heterocycles. The average Bonchev–Trinajstić information content (AvgIpc) is 2.82. The lowest BCUT2D eigenvalue weighted by Crippen LogP contribution is -2.35. The van der Waals surface area contributed by atoms with E-state index in [0.29, 0.717) is 4.91 Å². The fourth-order valence-electron chi connectivity index (χ4n) is 2.10. The van der Waals surface area contributed by atoms with Gasteiger partial charge in [-0.2, -0.15) is 0 Å². The van der Waals surface area contributed by atoms with Crippen molar-refractivity contribution in [3.05, 3.63) is 76.4 Å². The molecule has 1 fully saturated rings. The summed E-state index contributed by atoms with van der Waals surface area (Å²) >= 11 is 6.15. The number of hydrogen-bond donors (Lipinski definition) is 0. The standard InChI is InChI=1S/C17H10FNO2S2/c18-13-9-5-4-8-12(13)15(20)19-16(21)14(23-17(19)22)10-11-6-2-1-3-7-11/h1-10H/b14-10+. The Balaban J connectivity index is 1.92. The van der Waals surface area contributed by atoms with Crippen molar-refractivity contribution in [3.8, 4) is 0 Å². The first kappa shape index (κ1) is 15.6. The van der Waals surface area contributed by atoms with Gasteiger partial charge in [0.15, 0.2) is 4.32 Å². The highest BCUT2D eigenvalue weighted by Gasteiger charge is 2.38. The second-order valence-electron chi connectivity index (χ2n) is 4.71. The molecule has 0 aromatic heterocycles. The fourth-order valence-corrected chi connectivity index (χ4v) is 3.35. The number of imide groups is 1. The van der Waals surface area contributed by atoms with E-state index in [2.05, 4.69) is 0 Å². The van der Waals surface area contributed by atoms with Crippen LogP contribution in [0.25, 0.3) is 6.08 Å². The monoisotopic (exact) mass is 343 g/mol. The predicted molar refractivity (Wildman–Crippen MR) is 92.2 cm³/mol. The van der Waals surface area contributed by atoms with Gasteiger partial charge in [0.1, 0.15) is 5.82 Å². The number of hydrogen-bond acceptors (Lipinski definition) is 4. The van der Waals surface area contributed by atoms with Gasteiger partial charge in [0, 0.05) is 0 Å². The molecule has 6 heteroatoms. The molecule has 0 spiro atoms. The SMILES string of the molecule is O=C1/C(=C\c2ccccc2)SC(=S)N1C(=O)c1ccccc1F. The molecule has 3 nitrogen and oxygen atoms in total. The summed E-state index contributed by atoms with van der Waals surface area (Å²) in [6.45, 7) is 0. The number of carbonyl (C=O) groups excluding carboxylic acids is 2. The number of amides is 2. The van der Waals surface area contributed by atoms with Crippen LogP contribution in [0.15, 0.2) is 59.5 Å². The summed E-state index contributed by atoms with van der Waals surface area (Å²) in [5.74, 6) is -1.96. The largest absolute Gasteiger partial charge is 0.273 e. The van der Waals surface area contributed by atoms with E-state index in [0.717, 1.165) is 22.2 Å². The molecule has 23 heavy (non-hydrogen) atoms. The minimum absolute atomic E-state index is 0.102. The summed E-state index contributed by atoms with van der Waals surface area (Å²) in [6.07, 6.45) is 1.66. The van der Waals surface area contributed by atoms with Gasteiger partial charge in [-0.3, -0.25) is 9.59 Å². The van der Waals surface area contributed by atoms with E-state index < -0.39 is 17.6 Å². The van der Waals surface area contributed by atoms with Crippen molar-refractivity contribution in [3.63, 3.8) is 0 Å². The molecule has 3 rings (SSSR count). The van der Waals surface area contributed by atoms with Crippen molar-refractivity contribution in [2.75, 3.05) is 0 Å². The van der Waals surface area contributed by atoms with E-state index in [1.54, 1.807) is 6.08 Å². The van der Waals surface area contributed by atoms with Gasteiger partial charge in [-0.05, 0) is 23.8 Å². The molecule has 1 aliphatic heterocycles. The highest BCUT2D eigenvalue weighted by Crippen LogP contribution is 2.33. The van der Waals surface area contributed by atoms with Crippen molar-refractivity contribution in [1.29, 1.82) is 0 Å². The molecule has 1 aliphatic rings. The molecular formula is C17H10FNO2S2. The first-order valence-corrected chi connectivity index (χ1v) is 7.92. The van der Waals surface area contributed by atoms with Crippen LogP contribution < -0.4 is 0 Å². The van der Waals surface area contributed by atoms with Crippen molar-refractivity contribution >= 4 is 46.2 Å². The summed E-state index contributed by atoms with van der Waals surface area (Å²) < 4.78 is 13.9. The Bertz CT molecular complexity index is 833. The summed E-state index contributed by atoms with van der Waals surface area (Å²) in [5, 5.41) is 0. The van der Waals surface area contributed by atoms with Crippen LogP contribution in [0.5, 0.6) is 0 Å². The van der Waals surface area contributed by atoms with Gasteiger partial charge in [0.05, 0.1) is 10.5 Å². The third-order valence-corrected chi connectivity index (χ3v) is 4.50. The van der Waals surface area contributed by atoms with Gasteiger partial charge in [-0.25, -0.2) is 9.29 Å². The first-order chi connectivity index (χ1) is 11.1. The minimum Gasteiger partial charge on any atom is -0.268 e. The van der Waals surface area contributed by atoms with Gasteiger partial charge >= 0.3 is 0 Å². The smallest absolute Gasteiger partial charge is 0.268 e. The lowest BCUT2D eigenvalue weighted by molar-refractivity contribution is -0.120. The van der Waals surface area contributed by atoms with Crippen LogP contribution in [-0.2, 0) is 4.79 Å². The van der Waals surface area contributed by atoms with Gasteiger partial charge in [-0.15, -0.1) is 0 Å². The summed E-state index contributed by atoms with van der Waals surface area (Å²) in [7, 11) is 0. The molecule has 0 N–H and O–H groups in total. The molecule has 0 saturated carbocycles. The van der Waals surface area contributed by atoms with Crippen molar-refractivity contribution in [2.45, 2.75) is 0 Å². The Morgan fingerprint density at radius 2 is 1.74 bits per heavy atom. The molecule has 2 aromatic rings. The number of thiocarbonyl (C=S) groups is 1. The van der Waals surface area contributed by atoms with Gasteiger partial charge < -0.3 is 0 Å². The molecule has 0 atom stereocenters. The maximum atomic E-state index is 13.8. The summed E-state index contributed by atoms with van der Waals surface area (Å²) in [5.41, 5.74) is 0.649. The average molecular weight is 343 g/mol. The highest BCUT2D eigenvalue weighted by molar-refractivity contribution is 8.26. The molecule has 0 unspecified atom stereocenters.